The average molecular weight is 785 g/mol. The number of hydrogen-bond acceptors (Lipinski definition) is 4. The summed E-state index contributed by atoms with van der Waals surface area (Å²) in [5, 5.41) is 7.12. The Hall–Kier alpha value is -3.22. The van der Waals surface area contributed by atoms with Crippen molar-refractivity contribution in [1.82, 2.24) is 20.1 Å². The van der Waals surface area contributed by atoms with Crippen LogP contribution in [0.25, 0.3) is 0 Å². The van der Waals surface area contributed by atoms with E-state index in [9.17, 15) is 53.5 Å². The van der Waals surface area contributed by atoms with Crippen molar-refractivity contribution >= 4 is 49.4 Å². The van der Waals surface area contributed by atoms with Crippen LogP contribution < -0.4 is 10.6 Å². The van der Waals surface area contributed by atoms with Crippen molar-refractivity contribution in [3.8, 4) is 0 Å². The number of anilines is 1. The zero-order valence-corrected chi connectivity index (χ0v) is 26.1. The first-order chi connectivity index (χ1) is 20.8. The minimum Gasteiger partial charge on any atom is -0.346 e. The molecule has 4 rings (SSSR count). The van der Waals surface area contributed by atoms with Crippen molar-refractivity contribution in [2.45, 2.75) is 64.0 Å². The molecule has 0 saturated carbocycles. The number of alkyl halides is 8. The summed E-state index contributed by atoms with van der Waals surface area (Å²) in [6, 6.07) is 1.91. The largest absolute Gasteiger partial charge is 0.471 e. The topological polar surface area (TPSA) is 88.9 Å². The molecule has 19 heteroatoms. The predicted molar refractivity (Wildman–Crippen MR) is 146 cm³/mol. The van der Waals surface area contributed by atoms with Crippen molar-refractivity contribution in [2.75, 3.05) is 5.32 Å². The molecule has 1 aliphatic rings. The number of nitrogens with zero attached hydrogens (tertiary/aromatic N) is 3. The van der Waals surface area contributed by atoms with Crippen LogP contribution in [0, 0.1) is 11.6 Å². The van der Waals surface area contributed by atoms with Gasteiger partial charge in [-0.3, -0.25) is 14.3 Å². The van der Waals surface area contributed by atoms with E-state index < -0.39 is 96.2 Å². The number of carbonyl (C=O) groups is 2. The van der Waals surface area contributed by atoms with Gasteiger partial charge in [-0.15, -0.1) is 0 Å². The minimum atomic E-state index is -5.25. The summed E-state index contributed by atoms with van der Waals surface area (Å²) in [4.78, 5) is 28.4. The fourth-order valence-electron chi connectivity index (χ4n) is 4.45. The molecule has 1 aliphatic carbocycles. The smallest absolute Gasteiger partial charge is 0.346 e. The molecule has 1 unspecified atom stereocenters. The zero-order valence-electron chi connectivity index (χ0n) is 22.9. The Morgan fingerprint density at radius 1 is 1.02 bits per heavy atom. The van der Waals surface area contributed by atoms with Crippen LogP contribution in [-0.4, -0.2) is 32.8 Å². The number of benzene rings is 1. The molecular formula is C26H21Br2F10N5O2. The Balaban J connectivity index is 0.00000271. The third-order valence-electron chi connectivity index (χ3n) is 6.14. The number of rotatable bonds is 7. The number of carbonyl (C=O) groups excluding carboxylic acids is 2. The Bertz CT molecular complexity index is 1570. The molecule has 246 valence electrons. The fourth-order valence-corrected chi connectivity index (χ4v) is 5.45. The monoisotopic (exact) mass is 783 g/mol. The van der Waals surface area contributed by atoms with E-state index in [2.05, 4.69) is 47.3 Å². The highest BCUT2D eigenvalue weighted by molar-refractivity contribution is 9.11. The van der Waals surface area contributed by atoms with Crippen molar-refractivity contribution in [1.29, 1.82) is 0 Å². The van der Waals surface area contributed by atoms with E-state index in [1.165, 1.54) is 0 Å². The van der Waals surface area contributed by atoms with E-state index in [4.69, 9.17) is 0 Å². The van der Waals surface area contributed by atoms with Gasteiger partial charge in [-0.2, -0.15) is 40.2 Å². The molecule has 0 spiro atoms. The van der Waals surface area contributed by atoms with Crippen LogP contribution in [-0.2, 0) is 41.1 Å². The van der Waals surface area contributed by atoms with Gasteiger partial charge in [-0.1, -0.05) is 13.8 Å². The van der Waals surface area contributed by atoms with Gasteiger partial charge in [0.25, 0.3) is 5.92 Å². The molecule has 0 bridgehead atoms. The van der Waals surface area contributed by atoms with Gasteiger partial charge in [0, 0.05) is 22.5 Å². The Kier molecular flexibility index (Phi) is 11.0. The van der Waals surface area contributed by atoms with Gasteiger partial charge in [0.1, 0.15) is 28.5 Å². The third kappa shape index (κ3) is 8.53. The van der Waals surface area contributed by atoms with Crippen molar-refractivity contribution in [3.05, 3.63) is 73.2 Å². The van der Waals surface area contributed by atoms with Gasteiger partial charge in [-0.05, 0) is 68.5 Å². The first kappa shape index (κ1) is 36.3. The van der Waals surface area contributed by atoms with Crippen LogP contribution in [0.3, 0.4) is 0 Å². The van der Waals surface area contributed by atoms with Gasteiger partial charge in [-0.25, -0.2) is 13.8 Å². The summed E-state index contributed by atoms with van der Waals surface area (Å²) < 4.78 is 135. The summed E-state index contributed by atoms with van der Waals surface area (Å²) >= 11 is 5.94. The molecule has 0 radical (unpaired) electrons. The molecule has 0 fully saturated rings. The number of aromatic nitrogens is 3. The predicted octanol–water partition coefficient (Wildman–Crippen LogP) is 7.77. The summed E-state index contributed by atoms with van der Waals surface area (Å²) in [6.07, 6.45) is -12.3. The van der Waals surface area contributed by atoms with Crippen molar-refractivity contribution in [2.24, 2.45) is 0 Å². The van der Waals surface area contributed by atoms with E-state index in [1.54, 1.807) is 5.32 Å². The maximum absolute atomic E-state index is 14.5. The summed E-state index contributed by atoms with van der Waals surface area (Å²) in [7, 11) is 0. The zero-order chi connectivity index (χ0) is 34.1. The Morgan fingerprint density at radius 3 is 2.18 bits per heavy atom. The third-order valence-corrected chi connectivity index (χ3v) is 7.38. The first-order valence-corrected chi connectivity index (χ1v) is 14.4. The SMILES string of the molecule is CC.O=C(Cn1nc(C(F)(F)F)c2c1C(F)(F)CC2)NC(Cc1cc(F)cc(F)c1)c1nc(Br)c(NC(=O)C(F)(F)F)cc1Br. The van der Waals surface area contributed by atoms with Crippen LogP contribution >= 0.6 is 31.9 Å². The average Bonchev–Trinajstić information content (AvgIpc) is 3.43. The normalized spacial score (nSPS) is 14.7. The molecule has 2 heterocycles. The maximum Gasteiger partial charge on any atom is 0.471 e. The molecule has 2 N–H and O–H groups in total. The number of amides is 2. The molecule has 0 aliphatic heterocycles. The van der Waals surface area contributed by atoms with Gasteiger partial charge < -0.3 is 10.6 Å². The van der Waals surface area contributed by atoms with Gasteiger partial charge in [0.2, 0.25) is 5.91 Å². The van der Waals surface area contributed by atoms with Crippen LogP contribution in [0.5, 0.6) is 0 Å². The second-order valence-electron chi connectivity index (χ2n) is 9.28. The quantitative estimate of drug-likeness (QED) is 0.190. The van der Waals surface area contributed by atoms with E-state index >= 15 is 0 Å². The highest BCUT2D eigenvalue weighted by Crippen LogP contribution is 2.46. The second kappa shape index (κ2) is 13.6. The Morgan fingerprint density at radius 2 is 1.62 bits per heavy atom. The van der Waals surface area contributed by atoms with E-state index in [0.29, 0.717) is 6.07 Å². The number of halogens is 12. The van der Waals surface area contributed by atoms with Gasteiger partial charge in [0.15, 0.2) is 5.69 Å². The molecule has 3 aromatic rings. The molecule has 2 amide bonds. The molecular weight excluding hydrogens is 764 g/mol. The van der Waals surface area contributed by atoms with Crippen LogP contribution in [0.4, 0.5) is 49.6 Å². The Labute approximate surface area is 265 Å². The minimum absolute atomic E-state index is 0.0621. The molecule has 2 aromatic heterocycles. The van der Waals surface area contributed by atoms with Gasteiger partial charge in [0.05, 0.1) is 17.4 Å². The van der Waals surface area contributed by atoms with E-state index in [0.717, 1.165) is 18.2 Å². The highest BCUT2D eigenvalue weighted by Gasteiger charge is 2.50. The summed E-state index contributed by atoms with van der Waals surface area (Å²) in [5.74, 6) is -9.23. The first-order valence-electron chi connectivity index (χ1n) is 12.8. The molecule has 7 nitrogen and oxygen atoms in total. The molecule has 45 heavy (non-hydrogen) atoms. The van der Waals surface area contributed by atoms with Crippen molar-refractivity contribution < 1.29 is 53.5 Å². The van der Waals surface area contributed by atoms with Crippen molar-refractivity contribution in [3.63, 3.8) is 0 Å². The lowest BCUT2D eigenvalue weighted by Crippen LogP contribution is -2.35. The molecule has 0 saturated heterocycles. The number of fused-ring (bicyclic) bond motifs is 1. The highest BCUT2D eigenvalue weighted by atomic mass is 79.9. The number of nitrogens with one attached hydrogen (secondary N) is 2. The van der Waals surface area contributed by atoms with E-state index in [-0.39, 0.29) is 25.0 Å². The standard InChI is InChI=1S/C24H15Br2F10N5O2.C2H6/c25-13-7-15(38-21(43)24(34,35)36)20(26)39-17(13)14(5-9-3-10(27)6-11(28)4-9)37-16(42)8-41-19-12(1-2-22(19,29)30)18(40-41)23(31,32)33;1-2/h3-4,6-7,14H,1-2,5,8H2,(H,37,42)(H,38,43);1-2H3. The number of pyridine rings is 1. The summed E-state index contributed by atoms with van der Waals surface area (Å²) in [6.45, 7) is 2.88. The summed E-state index contributed by atoms with van der Waals surface area (Å²) in [5.41, 5.74) is -4.10. The van der Waals surface area contributed by atoms with Crippen LogP contribution in [0.2, 0.25) is 0 Å². The molecule has 1 aromatic carbocycles. The lowest BCUT2D eigenvalue weighted by Gasteiger charge is -2.22. The lowest BCUT2D eigenvalue weighted by atomic mass is 10.0. The maximum atomic E-state index is 14.5. The lowest BCUT2D eigenvalue weighted by molar-refractivity contribution is -0.167. The molecule has 1 atom stereocenters. The van der Waals surface area contributed by atoms with Gasteiger partial charge >= 0.3 is 18.3 Å². The van der Waals surface area contributed by atoms with E-state index in [1.807, 2.05) is 13.8 Å². The second-order valence-corrected chi connectivity index (χ2v) is 10.9. The fraction of sp³-hybridized carbons (Fsp3) is 0.385. The van der Waals surface area contributed by atoms with Crippen LogP contribution in [0.1, 0.15) is 54.5 Å². The van der Waals surface area contributed by atoms with Crippen LogP contribution in [0.15, 0.2) is 33.3 Å². The number of hydrogen-bond donors (Lipinski definition) is 2.